The van der Waals surface area contributed by atoms with E-state index in [2.05, 4.69) is 102 Å². The van der Waals surface area contributed by atoms with Crippen LogP contribution in [0.15, 0.2) is 60.7 Å². The molecule has 0 saturated heterocycles. The molecule has 0 radical (unpaired) electrons. The van der Waals surface area contributed by atoms with Gasteiger partial charge in [0.2, 0.25) is 0 Å². The number of hydrogen-bond donors (Lipinski definition) is 0. The van der Waals surface area contributed by atoms with Crippen LogP contribution in [0.1, 0.15) is 65.5 Å². The van der Waals surface area contributed by atoms with E-state index >= 15 is 0 Å². The smallest absolute Gasteiger partial charge is 0.0842 e. The number of benzene rings is 2. The molecule has 0 aliphatic heterocycles. The van der Waals surface area contributed by atoms with Crippen LogP contribution >= 0.6 is 14.5 Å². The van der Waals surface area contributed by atoms with Crippen molar-refractivity contribution < 1.29 is 19.8 Å². The standard InChI is InChI=1S/2C13H22P.C4H6O4/c2*1-4-14(5-2,6-3)12-13-10-8-7-9-11-13;5-3(6)1-2-4(7)8/h2*7-11H,4-6,12H2,1-3H3;1-2H2,(H,5,6)(H,7,8)/q2*+1;/p-2. The van der Waals surface area contributed by atoms with Crippen molar-refractivity contribution in [1.29, 1.82) is 0 Å². The molecule has 2 rings (SSSR count). The molecule has 2 aromatic rings. The van der Waals surface area contributed by atoms with Gasteiger partial charge in [-0.05, 0) is 65.5 Å². The van der Waals surface area contributed by atoms with Crippen molar-refractivity contribution in [3.05, 3.63) is 71.8 Å². The minimum Gasteiger partial charge on any atom is -0.550 e. The van der Waals surface area contributed by atoms with Gasteiger partial charge < -0.3 is 19.8 Å². The Hall–Kier alpha value is -1.76. The maximum Gasteiger partial charge on any atom is 0.0842 e. The monoisotopic (exact) mass is 534 g/mol. The number of rotatable bonds is 13. The van der Waals surface area contributed by atoms with Gasteiger partial charge >= 0.3 is 0 Å². The topological polar surface area (TPSA) is 80.3 Å². The predicted octanol–water partition coefficient (Wildman–Crippen LogP) is 5.79. The maximum absolute atomic E-state index is 9.50. The molecule has 0 amide bonds. The van der Waals surface area contributed by atoms with Crippen molar-refractivity contribution in [2.24, 2.45) is 0 Å². The Labute approximate surface area is 221 Å². The minimum absolute atomic E-state index is 0.470. The molecule has 0 atom stereocenters. The van der Waals surface area contributed by atoms with Crippen molar-refractivity contribution >= 4 is 26.5 Å². The van der Waals surface area contributed by atoms with Crippen molar-refractivity contribution in [3.8, 4) is 0 Å². The highest BCUT2D eigenvalue weighted by molar-refractivity contribution is 7.75. The molecule has 0 aliphatic rings. The lowest BCUT2D eigenvalue weighted by Gasteiger charge is -2.23. The largest absolute Gasteiger partial charge is 0.550 e. The second-order valence-corrected chi connectivity index (χ2v) is 18.9. The summed E-state index contributed by atoms with van der Waals surface area (Å²) >= 11 is 0. The molecule has 0 aliphatic carbocycles. The summed E-state index contributed by atoms with van der Waals surface area (Å²) < 4.78 is 0. The molecule has 0 unspecified atom stereocenters. The van der Waals surface area contributed by atoms with E-state index in [0.717, 1.165) is 0 Å². The van der Waals surface area contributed by atoms with Crippen LogP contribution in [0.4, 0.5) is 0 Å². The van der Waals surface area contributed by atoms with E-state index in [1.807, 2.05) is 0 Å². The molecule has 0 heterocycles. The van der Waals surface area contributed by atoms with Crippen LogP contribution in [0.2, 0.25) is 0 Å². The van der Waals surface area contributed by atoms with Crippen LogP contribution in [0, 0.1) is 0 Å². The number of hydrogen-bond acceptors (Lipinski definition) is 4. The summed E-state index contributed by atoms with van der Waals surface area (Å²) in [6.45, 7) is 14.2. The average Bonchev–Trinajstić information content (AvgIpc) is 2.91. The maximum atomic E-state index is 9.50. The fourth-order valence-electron chi connectivity index (χ4n) is 4.16. The summed E-state index contributed by atoms with van der Waals surface area (Å²) in [7, 11) is -1.32. The molecule has 0 fully saturated rings. The van der Waals surface area contributed by atoms with Crippen LogP contribution in [-0.4, -0.2) is 48.9 Å². The van der Waals surface area contributed by atoms with E-state index in [0.29, 0.717) is 0 Å². The third-order valence-corrected chi connectivity index (χ3v) is 17.4. The van der Waals surface area contributed by atoms with Crippen LogP contribution in [0.25, 0.3) is 0 Å². The van der Waals surface area contributed by atoms with Gasteiger partial charge in [-0.1, -0.05) is 60.7 Å². The van der Waals surface area contributed by atoms with E-state index in [1.165, 1.54) is 60.4 Å². The lowest BCUT2D eigenvalue weighted by molar-refractivity contribution is -0.315. The Morgan fingerprint density at radius 2 is 0.778 bits per heavy atom. The molecular weight excluding hydrogens is 486 g/mol. The Kier molecular flexibility index (Phi) is 18.4. The summed E-state index contributed by atoms with van der Waals surface area (Å²) in [6, 6.07) is 21.9. The lowest BCUT2D eigenvalue weighted by Crippen LogP contribution is -2.27. The average molecular weight is 535 g/mol. The Bertz CT molecular complexity index is 745. The second-order valence-electron chi connectivity index (χ2n) is 9.11. The number of carbonyl (C=O) groups is 2. The highest BCUT2D eigenvalue weighted by Crippen LogP contribution is 2.61. The first-order valence-corrected chi connectivity index (χ1v) is 18.4. The normalized spacial score (nSPS) is 10.9. The second kappa shape index (κ2) is 19.4. The lowest BCUT2D eigenvalue weighted by atomic mass is 10.2. The fourth-order valence-corrected chi connectivity index (χ4v) is 10.2. The quantitative estimate of drug-likeness (QED) is 0.305. The third-order valence-electron chi connectivity index (χ3n) is 7.28. The Morgan fingerprint density at radius 1 is 0.528 bits per heavy atom. The minimum atomic E-state index is -1.37. The van der Waals surface area contributed by atoms with E-state index < -0.39 is 39.3 Å². The van der Waals surface area contributed by atoms with E-state index in [-0.39, 0.29) is 0 Å². The van der Waals surface area contributed by atoms with Gasteiger partial charge in [0.25, 0.3) is 0 Å². The molecule has 0 spiro atoms. The first-order valence-electron chi connectivity index (χ1n) is 13.3. The van der Waals surface area contributed by atoms with Crippen LogP contribution < -0.4 is 10.2 Å². The summed E-state index contributed by atoms with van der Waals surface area (Å²) in [5.74, 6) is -2.73. The molecular formula is C30H48O4P2. The van der Waals surface area contributed by atoms with Gasteiger partial charge in [0.1, 0.15) is 0 Å². The number of aliphatic carboxylic acids is 2. The molecule has 2 aromatic carbocycles. The summed E-state index contributed by atoms with van der Waals surface area (Å²) in [5, 5.41) is 19.0. The van der Waals surface area contributed by atoms with Gasteiger partial charge in [-0.25, -0.2) is 0 Å². The van der Waals surface area contributed by atoms with Gasteiger partial charge in [0.05, 0.1) is 49.3 Å². The molecule has 4 nitrogen and oxygen atoms in total. The summed E-state index contributed by atoms with van der Waals surface area (Å²) in [5.41, 5.74) is 3.07. The van der Waals surface area contributed by atoms with E-state index in [4.69, 9.17) is 0 Å². The van der Waals surface area contributed by atoms with Gasteiger partial charge in [0.15, 0.2) is 0 Å². The summed E-state index contributed by atoms with van der Waals surface area (Å²) in [4.78, 5) is 19.0. The molecule has 0 bridgehead atoms. The molecule has 0 aromatic heterocycles. The molecule has 6 heteroatoms. The van der Waals surface area contributed by atoms with E-state index in [9.17, 15) is 19.8 Å². The third kappa shape index (κ3) is 14.1. The number of carbonyl (C=O) groups excluding carboxylic acids is 2. The Morgan fingerprint density at radius 3 is 0.972 bits per heavy atom. The molecule has 202 valence electrons. The molecule has 0 saturated carbocycles. The van der Waals surface area contributed by atoms with Crippen LogP contribution in [0.5, 0.6) is 0 Å². The van der Waals surface area contributed by atoms with Crippen LogP contribution in [0.3, 0.4) is 0 Å². The van der Waals surface area contributed by atoms with E-state index in [1.54, 1.807) is 0 Å². The zero-order valence-electron chi connectivity index (χ0n) is 23.4. The van der Waals surface area contributed by atoms with Crippen molar-refractivity contribution in [3.63, 3.8) is 0 Å². The van der Waals surface area contributed by atoms with Crippen molar-refractivity contribution in [2.75, 3.05) is 37.0 Å². The highest BCUT2D eigenvalue weighted by Gasteiger charge is 2.31. The molecule has 0 N–H and O–H groups in total. The number of carboxylic acid groups (broad SMARTS) is 2. The van der Waals surface area contributed by atoms with Crippen molar-refractivity contribution in [2.45, 2.75) is 66.7 Å². The molecule has 36 heavy (non-hydrogen) atoms. The zero-order chi connectivity index (χ0) is 27.5. The van der Waals surface area contributed by atoms with Crippen LogP contribution in [-0.2, 0) is 21.9 Å². The summed E-state index contributed by atoms with van der Waals surface area (Å²) in [6.07, 6.45) is 10.1. The Balaban J connectivity index is 0.000000533. The zero-order valence-corrected chi connectivity index (χ0v) is 25.2. The van der Waals surface area contributed by atoms with Gasteiger partial charge in [-0.3, -0.25) is 0 Å². The first kappa shape index (κ1) is 34.2. The SMILES string of the molecule is CC[P+](CC)(CC)Cc1ccccc1.CC[P+](CC)(CC)Cc1ccccc1.O=C([O-])CCC(=O)[O-]. The van der Waals surface area contributed by atoms with Gasteiger partial charge in [0, 0.05) is 26.5 Å². The predicted molar refractivity (Wildman–Crippen MR) is 157 cm³/mol. The number of carboxylic acids is 2. The van der Waals surface area contributed by atoms with Crippen molar-refractivity contribution in [1.82, 2.24) is 0 Å². The highest BCUT2D eigenvalue weighted by atomic mass is 31.2. The van der Waals surface area contributed by atoms with Gasteiger partial charge in [-0.2, -0.15) is 0 Å². The fraction of sp³-hybridized carbons (Fsp3) is 0.533. The first-order chi connectivity index (χ1) is 17.1. The van der Waals surface area contributed by atoms with Gasteiger partial charge in [-0.15, -0.1) is 0 Å².